The van der Waals surface area contributed by atoms with Crippen LogP contribution >= 0.6 is 0 Å². The molecule has 2 aliphatic carbocycles. The Morgan fingerprint density at radius 1 is 0.840 bits per heavy atom. The van der Waals surface area contributed by atoms with Gasteiger partial charge in [-0.3, -0.25) is 0 Å². The van der Waals surface area contributed by atoms with E-state index in [1.807, 2.05) is 36.4 Å². The third kappa shape index (κ3) is 3.12. The van der Waals surface area contributed by atoms with Gasteiger partial charge in [0.1, 0.15) is 0 Å². The zero-order valence-electron chi connectivity index (χ0n) is 14.1. The Morgan fingerprint density at radius 3 is 2.20 bits per heavy atom. The van der Waals surface area contributed by atoms with Crippen molar-refractivity contribution in [1.82, 2.24) is 0 Å². The molecule has 4 rings (SSSR count). The van der Waals surface area contributed by atoms with E-state index in [4.69, 9.17) is 0 Å². The van der Waals surface area contributed by atoms with E-state index in [-0.39, 0.29) is 17.1 Å². The van der Waals surface area contributed by atoms with Crippen molar-refractivity contribution in [2.75, 3.05) is 0 Å². The molecular weight excluding hydrogens is 328 g/mol. The summed E-state index contributed by atoms with van der Waals surface area (Å²) in [6.07, 6.45) is 3.93. The van der Waals surface area contributed by atoms with Crippen molar-refractivity contribution in [2.45, 2.75) is 35.8 Å². The van der Waals surface area contributed by atoms with Crippen molar-refractivity contribution in [2.24, 2.45) is 17.8 Å². The highest BCUT2D eigenvalue weighted by molar-refractivity contribution is 7.92. The summed E-state index contributed by atoms with van der Waals surface area (Å²) in [5.41, 5.74) is 1.01. The Morgan fingerprint density at radius 2 is 1.48 bits per heavy atom. The van der Waals surface area contributed by atoms with Crippen molar-refractivity contribution >= 4 is 9.84 Å². The van der Waals surface area contributed by atoms with Crippen LogP contribution in [0.1, 0.15) is 31.2 Å². The molecular formula is C22H22O2S. The van der Waals surface area contributed by atoms with Crippen molar-refractivity contribution in [3.8, 4) is 11.8 Å². The maximum absolute atomic E-state index is 13.1. The Balaban J connectivity index is 1.63. The zero-order chi connectivity index (χ0) is 17.3. The number of sulfone groups is 1. The van der Waals surface area contributed by atoms with Crippen molar-refractivity contribution in [1.29, 1.82) is 0 Å². The predicted octanol–water partition coefficient (Wildman–Crippen LogP) is 4.32. The standard InChI is InChI=1S/C22H22O2S/c23-25(24,19-10-5-2-6-11-19)22-16-18(20-12-7-13-21(20)22)15-14-17-8-3-1-4-9-17/h1-6,8-11,18,20-22H,7,12-13,16H2/t18-,20?,21+,22+/m0/s1. The number of hydrogen-bond acceptors (Lipinski definition) is 2. The minimum Gasteiger partial charge on any atom is -0.223 e. The quantitative estimate of drug-likeness (QED) is 0.756. The van der Waals surface area contributed by atoms with Gasteiger partial charge in [0, 0.05) is 11.5 Å². The molecule has 0 radical (unpaired) electrons. The maximum atomic E-state index is 13.1. The topological polar surface area (TPSA) is 34.1 Å². The van der Waals surface area contributed by atoms with E-state index in [1.165, 1.54) is 0 Å². The van der Waals surface area contributed by atoms with Gasteiger partial charge >= 0.3 is 0 Å². The first-order valence-corrected chi connectivity index (χ1v) is 10.6. The summed E-state index contributed by atoms with van der Waals surface area (Å²) in [6.45, 7) is 0. The van der Waals surface area contributed by atoms with E-state index in [0.29, 0.717) is 17.2 Å². The van der Waals surface area contributed by atoms with Crippen molar-refractivity contribution in [3.05, 3.63) is 66.2 Å². The fraction of sp³-hybridized carbons (Fsp3) is 0.364. The largest absolute Gasteiger partial charge is 0.223 e. The van der Waals surface area contributed by atoms with E-state index < -0.39 is 9.84 Å². The van der Waals surface area contributed by atoms with Gasteiger partial charge in [0.15, 0.2) is 9.84 Å². The molecule has 128 valence electrons. The number of benzene rings is 2. The normalized spacial score (nSPS) is 28.2. The van der Waals surface area contributed by atoms with Gasteiger partial charge in [-0.15, -0.1) is 0 Å². The van der Waals surface area contributed by atoms with E-state index >= 15 is 0 Å². The average Bonchev–Trinajstić information content (AvgIpc) is 3.24. The molecule has 2 aromatic carbocycles. The fourth-order valence-electron chi connectivity index (χ4n) is 4.58. The van der Waals surface area contributed by atoms with Gasteiger partial charge in [-0.1, -0.05) is 54.7 Å². The second-order valence-corrected chi connectivity index (χ2v) is 9.30. The Kier molecular flexibility index (Phi) is 4.39. The van der Waals surface area contributed by atoms with Crippen LogP contribution in [0.5, 0.6) is 0 Å². The average molecular weight is 350 g/mol. The monoisotopic (exact) mass is 350 g/mol. The van der Waals surface area contributed by atoms with Crippen LogP contribution in [0.3, 0.4) is 0 Å². The van der Waals surface area contributed by atoms with Crippen LogP contribution in [0.15, 0.2) is 65.6 Å². The molecule has 0 aliphatic heterocycles. The van der Waals surface area contributed by atoms with Crippen LogP contribution in [0.2, 0.25) is 0 Å². The van der Waals surface area contributed by atoms with Gasteiger partial charge in [-0.2, -0.15) is 0 Å². The summed E-state index contributed by atoms with van der Waals surface area (Å²) >= 11 is 0. The van der Waals surface area contributed by atoms with Gasteiger partial charge in [-0.25, -0.2) is 8.42 Å². The predicted molar refractivity (Wildman–Crippen MR) is 99.7 cm³/mol. The van der Waals surface area contributed by atoms with Crippen LogP contribution < -0.4 is 0 Å². The van der Waals surface area contributed by atoms with Crippen LogP contribution in [-0.4, -0.2) is 13.7 Å². The van der Waals surface area contributed by atoms with Crippen LogP contribution in [0, 0.1) is 29.6 Å². The maximum Gasteiger partial charge on any atom is 0.181 e. The summed E-state index contributed by atoms with van der Waals surface area (Å²) in [6, 6.07) is 18.9. The Labute approximate surface area is 150 Å². The van der Waals surface area contributed by atoms with Gasteiger partial charge < -0.3 is 0 Å². The highest BCUT2D eigenvalue weighted by Crippen LogP contribution is 2.51. The van der Waals surface area contributed by atoms with Crippen molar-refractivity contribution < 1.29 is 8.42 Å². The Bertz CT molecular complexity index is 891. The summed E-state index contributed by atoms with van der Waals surface area (Å²) in [7, 11) is -3.28. The molecule has 0 spiro atoms. The van der Waals surface area contributed by atoms with Crippen LogP contribution in [0.4, 0.5) is 0 Å². The molecule has 1 unspecified atom stereocenters. The molecule has 3 heteroatoms. The van der Waals surface area contributed by atoms with E-state index in [9.17, 15) is 8.42 Å². The number of fused-ring (bicyclic) bond motifs is 1. The minimum absolute atomic E-state index is 0.191. The summed E-state index contributed by atoms with van der Waals surface area (Å²) in [4.78, 5) is 0.460. The SMILES string of the molecule is O=S(=O)(c1ccccc1)[C@@H]1C[C@H](C#Cc2ccccc2)C2CCC[C@H]21. The zero-order valence-corrected chi connectivity index (χ0v) is 15.0. The first-order valence-electron chi connectivity index (χ1n) is 9.02. The molecule has 0 saturated heterocycles. The van der Waals surface area contributed by atoms with Gasteiger partial charge in [0.25, 0.3) is 0 Å². The minimum atomic E-state index is -3.28. The molecule has 0 amide bonds. The molecule has 0 bridgehead atoms. The van der Waals surface area contributed by atoms with Crippen LogP contribution in [-0.2, 0) is 9.84 Å². The van der Waals surface area contributed by atoms with Crippen molar-refractivity contribution in [3.63, 3.8) is 0 Å². The third-order valence-electron chi connectivity index (χ3n) is 5.75. The molecule has 4 atom stereocenters. The van der Waals surface area contributed by atoms with Crippen LogP contribution in [0.25, 0.3) is 0 Å². The molecule has 0 heterocycles. The first-order chi connectivity index (χ1) is 12.2. The van der Waals surface area contributed by atoms with Gasteiger partial charge in [-0.05, 0) is 55.4 Å². The highest BCUT2D eigenvalue weighted by atomic mass is 32.2. The lowest BCUT2D eigenvalue weighted by Gasteiger charge is -2.18. The summed E-state index contributed by atoms with van der Waals surface area (Å²) < 4.78 is 26.3. The molecule has 0 aromatic heterocycles. The van der Waals surface area contributed by atoms with E-state index in [2.05, 4.69) is 11.8 Å². The molecule has 0 N–H and O–H groups in total. The lowest BCUT2D eigenvalue weighted by molar-refractivity contribution is 0.411. The second kappa shape index (κ2) is 6.69. The molecule has 2 fully saturated rings. The third-order valence-corrected chi connectivity index (χ3v) is 8.02. The number of hydrogen-bond donors (Lipinski definition) is 0. The second-order valence-electron chi connectivity index (χ2n) is 7.13. The van der Waals surface area contributed by atoms with Gasteiger partial charge in [0.2, 0.25) is 0 Å². The smallest absolute Gasteiger partial charge is 0.181 e. The Hall–Kier alpha value is -2.05. The number of rotatable bonds is 2. The highest BCUT2D eigenvalue weighted by Gasteiger charge is 2.50. The fourth-order valence-corrected chi connectivity index (χ4v) is 6.73. The molecule has 2 nitrogen and oxygen atoms in total. The summed E-state index contributed by atoms with van der Waals surface area (Å²) in [5, 5.41) is -0.280. The van der Waals surface area contributed by atoms with E-state index in [0.717, 1.165) is 24.8 Å². The molecule has 2 aromatic rings. The lowest BCUT2D eigenvalue weighted by Crippen LogP contribution is -2.26. The summed E-state index contributed by atoms with van der Waals surface area (Å²) in [5.74, 6) is 7.56. The lowest BCUT2D eigenvalue weighted by atomic mass is 9.92. The van der Waals surface area contributed by atoms with E-state index in [1.54, 1.807) is 24.3 Å². The molecule has 2 aliphatic rings. The molecule has 2 saturated carbocycles. The van der Waals surface area contributed by atoms with Gasteiger partial charge in [0.05, 0.1) is 10.1 Å². The molecule has 25 heavy (non-hydrogen) atoms. The first kappa shape index (κ1) is 16.4.